The van der Waals surface area contributed by atoms with Gasteiger partial charge in [0.25, 0.3) is 0 Å². The first-order valence-corrected chi connectivity index (χ1v) is 7.87. The molecule has 2 aromatic carbocycles. The Kier molecular flexibility index (Phi) is 6.67. The molecule has 0 fully saturated rings. The summed E-state index contributed by atoms with van der Waals surface area (Å²) in [5.41, 5.74) is 1.43. The van der Waals surface area contributed by atoms with Gasteiger partial charge < -0.3 is 14.2 Å². The van der Waals surface area contributed by atoms with Gasteiger partial charge in [-0.3, -0.25) is 4.79 Å². The maximum Gasteiger partial charge on any atom is 0.185 e. The third-order valence-electron chi connectivity index (χ3n) is 3.38. The molecular weight excluding hydrogens is 316 g/mol. The van der Waals surface area contributed by atoms with Gasteiger partial charge in [-0.15, -0.1) is 6.42 Å². The van der Waals surface area contributed by atoms with E-state index in [4.69, 9.17) is 20.6 Å². The molecule has 128 valence electrons. The zero-order chi connectivity index (χ0) is 18.1. The van der Waals surface area contributed by atoms with Gasteiger partial charge in [-0.25, -0.2) is 0 Å². The minimum absolute atomic E-state index is 0.0896. The van der Waals surface area contributed by atoms with Crippen molar-refractivity contribution in [1.29, 1.82) is 0 Å². The molecule has 0 radical (unpaired) electrons. The van der Waals surface area contributed by atoms with Crippen LogP contribution in [0.25, 0.3) is 6.08 Å². The normalized spacial score (nSPS) is 10.3. The number of benzene rings is 2. The van der Waals surface area contributed by atoms with Crippen LogP contribution >= 0.6 is 0 Å². The van der Waals surface area contributed by atoms with Crippen molar-refractivity contribution < 1.29 is 19.0 Å². The van der Waals surface area contributed by atoms with E-state index in [0.717, 1.165) is 5.56 Å². The monoisotopic (exact) mass is 336 g/mol. The Labute approximate surface area is 148 Å². The number of hydrogen-bond acceptors (Lipinski definition) is 4. The van der Waals surface area contributed by atoms with E-state index < -0.39 is 0 Å². The quantitative estimate of drug-likeness (QED) is 0.415. The Morgan fingerprint density at radius 2 is 1.88 bits per heavy atom. The average Bonchev–Trinajstić information content (AvgIpc) is 2.65. The molecule has 0 heterocycles. The van der Waals surface area contributed by atoms with Crippen molar-refractivity contribution in [1.82, 2.24) is 0 Å². The summed E-state index contributed by atoms with van der Waals surface area (Å²) >= 11 is 0. The lowest BCUT2D eigenvalue weighted by Crippen LogP contribution is -1.99. The number of rotatable bonds is 8. The Morgan fingerprint density at radius 1 is 1.12 bits per heavy atom. The number of hydrogen-bond donors (Lipinski definition) is 0. The second kappa shape index (κ2) is 9.19. The molecule has 2 rings (SSSR count). The third kappa shape index (κ3) is 5.15. The summed E-state index contributed by atoms with van der Waals surface area (Å²) < 4.78 is 16.1. The van der Waals surface area contributed by atoms with Crippen LogP contribution in [0, 0.1) is 12.3 Å². The van der Waals surface area contributed by atoms with Crippen LogP contribution in [0.4, 0.5) is 0 Å². The van der Waals surface area contributed by atoms with Crippen LogP contribution in [0.3, 0.4) is 0 Å². The van der Waals surface area contributed by atoms with E-state index in [1.54, 1.807) is 43.5 Å². The highest BCUT2D eigenvalue weighted by Crippen LogP contribution is 2.29. The molecule has 0 bridgehead atoms. The number of ketones is 1. The van der Waals surface area contributed by atoms with E-state index in [2.05, 4.69) is 5.92 Å². The zero-order valence-electron chi connectivity index (χ0n) is 14.3. The van der Waals surface area contributed by atoms with Gasteiger partial charge in [0.05, 0.1) is 13.7 Å². The van der Waals surface area contributed by atoms with E-state index >= 15 is 0 Å². The van der Waals surface area contributed by atoms with E-state index in [0.29, 0.717) is 29.4 Å². The topological polar surface area (TPSA) is 44.8 Å². The Bertz CT molecular complexity index is 783. The highest BCUT2D eigenvalue weighted by Gasteiger charge is 2.06. The van der Waals surface area contributed by atoms with Crippen molar-refractivity contribution >= 4 is 11.9 Å². The van der Waals surface area contributed by atoms with Crippen molar-refractivity contribution in [2.24, 2.45) is 0 Å². The molecule has 0 unspecified atom stereocenters. The number of carbonyl (C=O) groups excluding carboxylic acids is 1. The maximum absolute atomic E-state index is 12.2. The van der Waals surface area contributed by atoms with Gasteiger partial charge in [-0.2, -0.15) is 0 Å². The largest absolute Gasteiger partial charge is 0.497 e. The lowest BCUT2D eigenvalue weighted by Gasteiger charge is -2.10. The van der Waals surface area contributed by atoms with Gasteiger partial charge in [-0.05, 0) is 55.0 Å². The number of methoxy groups -OCH3 is 1. The molecule has 2 aromatic rings. The summed E-state index contributed by atoms with van der Waals surface area (Å²) in [6.07, 6.45) is 8.47. The SMILES string of the molecule is C#CCOc1ccc(C=CC(=O)c2ccc(OC)cc2)cc1OCC. The summed E-state index contributed by atoms with van der Waals surface area (Å²) in [5.74, 6) is 4.22. The van der Waals surface area contributed by atoms with E-state index in [1.165, 1.54) is 6.08 Å². The summed E-state index contributed by atoms with van der Waals surface area (Å²) in [6.45, 7) is 2.57. The van der Waals surface area contributed by atoms with Crippen molar-refractivity contribution in [2.75, 3.05) is 20.3 Å². The van der Waals surface area contributed by atoms with Crippen molar-refractivity contribution in [2.45, 2.75) is 6.92 Å². The van der Waals surface area contributed by atoms with E-state index in [9.17, 15) is 4.79 Å². The molecule has 4 heteroatoms. The highest BCUT2D eigenvalue weighted by atomic mass is 16.5. The molecule has 0 amide bonds. The smallest absolute Gasteiger partial charge is 0.185 e. The number of carbonyl (C=O) groups is 1. The van der Waals surface area contributed by atoms with Crippen LogP contribution in [-0.4, -0.2) is 26.1 Å². The lowest BCUT2D eigenvalue weighted by atomic mass is 10.1. The first kappa shape index (κ1) is 18.2. The van der Waals surface area contributed by atoms with Gasteiger partial charge in [0.15, 0.2) is 17.3 Å². The molecule has 0 N–H and O–H groups in total. The predicted octanol–water partition coefficient (Wildman–Crippen LogP) is 4.00. The Balaban J connectivity index is 2.14. The third-order valence-corrected chi connectivity index (χ3v) is 3.38. The molecule has 0 spiro atoms. The van der Waals surface area contributed by atoms with Gasteiger partial charge in [0.1, 0.15) is 12.4 Å². The highest BCUT2D eigenvalue weighted by molar-refractivity contribution is 6.06. The van der Waals surface area contributed by atoms with Crippen LogP contribution in [-0.2, 0) is 0 Å². The molecule has 4 nitrogen and oxygen atoms in total. The predicted molar refractivity (Wildman–Crippen MR) is 98.3 cm³/mol. The van der Waals surface area contributed by atoms with Gasteiger partial charge in [0, 0.05) is 5.56 Å². The fourth-order valence-corrected chi connectivity index (χ4v) is 2.16. The van der Waals surface area contributed by atoms with Crippen LogP contribution in [0.1, 0.15) is 22.8 Å². The van der Waals surface area contributed by atoms with Gasteiger partial charge in [0.2, 0.25) is 0 Å². The van der Waals surface area contributed by atoms with Crippen molar-refractivity contribution in [3.63, 3.8) is 0 Å². The van der Waals surface area contributed by atoms with E-state index in [-0.39, 0.29) is 12.4 Å². The molecule has 0 saturated heterocycles. The molecule has 0 aliphatic rings. The second-order valence-electron chi connectivity index (χ2n) is 5.06. The molecule has 25 heavy (non-hydrogen) atoms. The van der Waals surface area contributed by atoms with Crippen LogP contribution in [0.15, 0.2) is 48.5 Å². The van der Waals surface area contributed by atoms with Gasteiger partial charge in [-0.1, -0.05) is 18.1 Å². The fraction of sp³-hybridized carbons (Fsp3) is 0.190. The first-order chi connectivity index (χ1) is 12.2. The Morgan fingerprint density at radius 3 is 2.52 bits per heavy atom. The van der Waals surface area contributed by atoms with Crippen LogP contribution in [0.2, 0.25) is 0 Å². The molecule has 0 aliphatic carbocycles. The standard InChI is InChI=1S/C21H20O4/c1-4-14-25-20-13-7-16(15-21(20)24-5-2)6-12-19(22)17-8-10-18(23-3)11-9-17/h1,6-13,15H,5,14H2,2-3H3. The fourth-order valence-electron chi connectivity index (χ4n) is 2.16. The minimum Gasteiger partial charge on any atom is -0.497 e. The average molecular weight is 336 g/mol. The molecule has 0 atom stereocenters. The van der Waals surface area contributed by atoms with Crippen molar-refractivity contribution in [3.05, 3.63) is 59.7 Å². The molecule has 0 saturated carbocycles. The van der Waals surface area contributed by atoms with Crippen LogP contribution in [0.5, 0.6) is 17.2 Å². The van der Waals surface area contributed by atoms with E-state index in [1.807, 2.05) is 19.1 Å². The number of allylic oxidation sites excluding steroid dienone is 1. The number of ether oxygens (including phenoxy) is 3. The zero-order valence-corrected chi connectivity index (χ0v) is 14.3. The van der Waals surface area contributed by atoms with Crippen molar-refractivity contribution in [3.8, 4) is 29.6 Å². The van der Waals surface area contributed by atoms with Gasteiger partial charge >= 0.3 is 0 Å². The summed E-state index contributed by atoms with van der Waals surface area (Å²) in [6, 6.07) is 12.4. The minimum atomic E-state index is -0.0896. The molecule has 0 aliphatic heterocycles. The summed E-state index contributed by atoms with van der Waals surface area (Å²) in [5, 5.41) is 0. The maximum atomic E-state index is 12.2. The second-order valence-corrected chi connectivity index (χ2v) is 5.06. The first-order valence-electron chi connectivity index (χ1n) is 7.87. The lowest BCUT2D eigenvalue weighted by molar-refractivity contribution is 0.104. The van der Waals surface area contributed by atoms with Crippen LogP contribution < -0.4 is 14.2 Å². The molecule has 0 aromatic heterocycles. The summed E-state index contributed by atoms with van der Waals surface area (Å²) in [7, 11) is 1.59. The number of terminal acetylenes is 1. The molecular formula is C21H20O4. The summed E-state index contributed by atoms with van der Waals surface area (Å²) in [4.78, 5) is 12.2. The Hall–Kier alpha value is -3.19.